The first-order valence-electron chi connectivity index (χ1n) is 8.42. The summed E-state index contributed by atoms with van der Waals surface area (Å²) in [6.07, 6.45) is 2.56. The van der Waals surface area contributed by atoms with Crippen molar-refractivity contribution in [3.05, 3.63) is 65.7 Å². The molecule has 0 spiro atoms. The molecule has 4 heteroatoms. The Morgan fingerprint density at radius 3 is 2.50 bits per heavy atom. The minimum atomic E-state index is 0.0254. The van der Waals surface area contributed by atoms with Gasteiger partial charge in [-0.2, -0.15) is 0 Å². The number of aliphatic imine (C=N–C) groups is 1. The molecule has 0 fully saturated rings. The first kappa shape index (κ1) is 16.4. The van der Waals surface area contributed by atoms with Gasteiger partial charge < -0.3 is 10.0 Å². The van der Waals surface area contributed by atoms with E-state index < -0.39 is 0 Å². The van der Waals surface area contributed by atoms with E-state index in [0.717, 1.165) is 41.8 Å². The number of aliphatic hydroxyl groups excluding tert-OH is 1. The number of benzene rings is 2. The van der Waals surface area contributed by atoms with Crippen LogP contribution in [0.4, 0.5) is 5.69 Å². The van der Waals surface area contributed by atoms with Crippen molar-refractivity contribution >= 4 is 17.3 Å². The molecule has 0 saturated carbocycles. The lowest BCUT2D eigenvalue weighted by Crippen LogP contribution is -2.33. The number of unbranched alkanes of at least 4 members (excludes halogenated alkanes) is 2. The Bertz CT molecular complexity index is 725. The van der Waals surface area contributed by atoms with Gasteiger partial charge in [0.25, 0.3) is 0 Å². The Hall–Kier alpha value is -2.46. The summed E-state index contributed by atoms with van der Waals surface area (Å²) in [5, 5.41) is 8.92. The van der Waals surface area contributed by atoms with Crippen molar-refractivity contribution in [3.63, 3.8) is 0 Å². The van der Waals surface area contributed by atoms with Crippen molar-refractivity contribution in [3.8, 4) is 0 Å². The van der Waals surface area contributed by atoms with Gasteiger partial charge in [-0.25, -0.2) is 0 Å². The largest absolute Gasteiger partial charge is 0.396 e. The summed E-state index contributed by atoms with van der Waals surface area (Å²) in [4.78, 5) is 19.0. The van der Waals surface area contributed by atoms with Crippen LogP contribution in [0.15, 0.2) is 59.6 Å². The van der Waals surface area contributed by atoms with E-state index >= 15 is 0 Å². The fraction of sp³-hybridized carbons (Fsp3) is 0.300. The van der Waals surface area contributed by atoms with Crippen LogP contribution < -0.4 is 4.90 Å². The molecule has 2 aromatic rings. The van der Waals surface area contributed by atoms with E-state index in [1.165, 1.54) is 0 Å². The molecule has 0 unspecified atom stereocenters. The number of amides is 1. The Morgan fingerprint density at radius 1 is 0.958 bits per heavy atom. The number of carbonyl (C=O) groups is 1. The maximum absolute atomic E-state index is 12.6. The van der Waals surface area contributed by atoms with Gasteiger partial charge in [0.2, 0.25) is 5.91 Å². The van der Waals surface area contributed by atoms with Gasteiger partial charge in [-0.05, 0) is 25.3 Å². The second-order valence-corrected chi connectivity index (χ2v) is 5.88. The molecule has 1 aliphatic rings. The number of fused-ring (bicyclic) bond motifs is 1. The van der Waals surface area contributed by atoms with Crippen molar-refractivity contribution < 1.29 is 9.90 Å². The lowest BCUT2D eigenvalue weighted by molar-refractivity contribution is -0.117. The lowest BCUT2D eigenvalue weighted by Gasteiger charge is -2.23. The van der Waals surface area contributed by atoms with Crippen LogP contribution in [0.25, 0.3) is 0 Å². The third-order valence-corrected chi connectivity index (χ3v) is 4.21. The summed E-state index contributed by atoms with van der Waals surface area (Å²) in [6.45, 7) is 1.03. The van der Waals surface area contributed by atoms with Crippen molar-refractivity contribution in [2.24, 2.45) is 4.99 Å². The van der Waals surface area contributed by atoms with Crippen LogP contribution in [0.3, 0.4) is 0 Å². The Balaban J connectivity index is 1.93. The normalized spacial score (nSPS) is 14.1. The van der Waals surface area contributed by atoms with E-state index in [0.29, 0.717) is 6.54 Å². The maximum atomic E-state index is 12.6. The number of aliphatic hydroxyl groups is 1. The van der Waals surface area contributed by atoms with Gasteiger partial charge in [0.05, 0.1) is 11.4 Å². The van der Waals surface area contributed by atoms with E-state index in [1.54, 1.807) is 0 Å². The van der Waals surface area contributed by atoms with Crippen molar-refractivity contribution in [1.29, 1.82) is 0 Å². The summed E-state index contributed by atoms with van der Waals surface area (Å²) >= 11 is 0. The second-order valence-electron chi connectivity index (χ2n) is 5.88. The predicted octanol–water partition coefficient (Wildman–Crippen LogP) is 3.03. The van der Waals surface area contributed by atoms with Gasteiger partial charge in [-0.3, -0.25) is 9.79 Å². The number of para-hydroxylation sites is 1. The summed E-state index contributed by atoms with van der Waals surface area (Å²) < 4.78 is 0. The highest BCUT2D eigenvalue weighted by molar-refractivity contribution is 6.19. The third kappa shape index (κ3) is 3.54. The third-order valence-electron chi connectivity index (χ3n) is 4.21. The van der Waals surface area contributed by atoms with Crippen molar-refractivity contribution in [1.82, 2.24) is 0 Å². The summed E-state index contributed by atoms with van der Waals surface area (Å²) in [7, 11) is 0. The first-order valence-corrected chi connectivity index (χ1v) is 8.42. The molecule has 1 heterocycles. The van der Waals surface area contributed by atoms with Crippen LogP contribution in [0, 0.1) is 0 Å². The number of hydrogen-bond acceptors (Lipinski definition) is 3. The number of carbonyl (C=O) groups excluding carboxylic acids is 1. The second kappa shape index (κ2) is 7.88. The molecule has 0 radical (unpaired) electrons. The minimum absolute atomic E-state index is 0.0254. The Kier molecular flexibility index (Phi) is 5.39. The minimum Gasteiger partial charge on any atom is -0.396 e. The summed E-state index contributed by atoms with van der Waals surface area (Å²) in [6, 6.07) is 18.0. The van der Waals surface area contributed by atoms with Gasteiger partial charge in [-0.1, -0.05) is 48.5 Å². The molecule has 4 nitrogen and oxygen atoms in total. The molecule has 0 aliphatic carbocycles. The number of rotatable bonds is 6. The highest BCUT2D eigenvalue weighted by atomic mass is 16.2. The average Bonchev–Trinajstić information content (AvgIpc) is 2.76. The average molecular weight is 322 g/mol. The fourth-order valence-corrected chi connectivity index (χ4v) is 3.01. The molecule has 3 rings (SSSR count). The van der Waals surface area contributed by atoms with Crippen LogP contribution in [0.1, 0.15) is 30.4 Å². The van der Waals surface area contributed by atoms with Crippen LogP contribution in [0.5, 0.6) is 0 Å². The highest BCUT2D eigenvalue weighted by Crippen LogP contribution is 2.27. The van der Waals surface area contributed by atoms with E-state index in [4.69, 9.17) is 5.11 Å². The van der Waals surface area contributed by atoms with Crippen LogP contribution in [-0.4, -0.2) is 36.4 Å². The van der Waals surface area contributed by atoms with Gasteiger partial charge in [0.1, 0.15) is 6.54 Å². The zero-order valence-corrected chi connectivity index (χ0v) is 13.7. The number of benzodiazepines with no additional fused rings is 1. The van der Waals surface area contributed by atoms with Crippen molar-refractivity contribution in [2.45, 2.75) is 19.3 Å². The van der Waals surface area contributed by atoms with Gasteiger partial charge in [-0.15, -0.1) is 0 Å². The Morgan fingerprint density at radius 2 is 1.71 bits per heavy atom. The molecule has 0 aromatic heterocycles. The van der Waals surface area contributed by atoms with Gasteiger partial charge in [0.15, 0.2) is 0 Å². The SMILES string of the molecule is O=C1CN=C(c2ccccc2)c2ccccc2N1CCCCCO. The lowest BCUT2D eigenvalue weighted by atomic mass is 10.00. The van der Waals surface area contributed by atoms with E-state index in [2.05, 4.69) is 4.99 Å². The van der Waals surface area contributed by atoms with Crippen LogP contribution >= 0.6 is 0 Å². The highest BCUT2D eigenvalue weighted by Gasteiger charge is 2.24. The topological polar surface area (TPSA) is 52.9 Å². The maximum Gasteiger partial charge on any atom is 0.248 e. The quantitative estimate of drug-likeness (QED) is 0.831. The van der Waals surface area contributed by atoms with E-state index in [9.17, 15) is 4.79 Å². The molecule has 1 aliphatic heterocycles. The summed E-state index contributed by atoms with van der Waals surface area (Å²) in [5.74, 6) is 0.0254. The molecular formula is C20H22N2O2. The molecule has 124 valence electrons. The number of nitrogens with zero attached hydrogens (tertiary/aromatic N) is 2. The van der Waals surface area contributed by atoms with E-state index in [1.807, 2.05) is 59.5 Å². The monoisotopic (exact) mass is 322 g/mol. The first-order chi connectivity index (χ1) is 11.8. The van der Waals surface area contributed by atoms with E-state index in [-0.39, 0.29) is 19.1 Å². The fourth-order valence-electron chi connectivity index (χ4n) is 3.01. The molecule has 0 saturated heterocycles. The molecular weight excluding hydrogens is 300 g/mol. The molecule has 1 N–H and O–H groups in total. The number of hydrogen-bond donors (Lipinski definition) is 1. The zero-order chi connectivity index (χ0) is 16.8. The zero-order valence-electron chi connectivity index (χ0n) is 13.7. The number of anilines is 1. The summed E-state index contributed by atoms with van der Waals surface area (Å²) in [5.41, 5.74) is 3.82. The molecule has 24 heavy (non-hydrogen) atoms. The van der Waals surface area contributed by atoms with Crippen LogP contribution in [-0.2, 0) is 4.79 Å². The predicted molar refractivity (Wildman–Crippen MR) is 96.7 cm³/mol. The molecule has 0 bridgehead atoms. The molecule has 0 atom stereocenters. The molecule has 1 amide bonds. The standard InChI is InChI=1S/C20H22N2O2/c23-14-8-2-7-13-22-18-12-6-5-11-17(18)20(21-15-19(22)24)16-9-3-1-4-10-16/h1,3-6,9-12,23H,2,7-8,13-15H2. The van der Waals surface area contributed by atoms with Crippen molar-refractivity contribution in [2.75, 3.05) is 24.6 Å². The molecule has 2 aromatic carbocycles. The van der Waals surface area contributed by atoms with Crippen LogP contribution in [0.2, 0.25) is 0 Å². The smallest absolute Gasteiger partial charge is 0.248 e. The van der Waals surface area contributed by atoms with Gasteiger partial charge in [0, 0.05) is 24.3 Å². The Labute approximate surface area is 142 Å². The van der Waals surface area contributed by atoms with Gasteiger partial charge >= 0.3 is 0 Å².